The Morgan fingerprint density at radius 1 is 1.23 bits per heavy atom. The zero-order valence-corrected chi connectivity index (χ0v) is 18.7. The quantitative estimate of drug-likeness (QED) is 0.495. The Kier molecular flexibility index (Phi) is 6.96. The van der Waals surface area contributed by atoms with E-state index in [4.69, 9.17) is 4.74 Å². The number of ether oxygens (including phenoxy) is 1. The summed E-state index contributed by atoms with van der Waals surface area (Å²) in [5.41, 5.74) is 5.05. The first-order valence-electron chi connectivity index (χ1n) is 10.5. The van der Waals surface area contributed by atoms with Gasteiger partial charge in [0.25, 0.3) is 5.91 Å². The van der Waals surface area contributed by atoms with E-state index in [1.807, 2.05) is 37.6 Å². The van der Waals surface area contributed by atoms with Crippen molar-refractivity contribution < 1.29 is 9.53 Å². The van der Waals surface area contributed by atoms with Gasteiger partial charge in [-0.3, -0.25) is 9.69 Å². The van der Waals surface area contributed by atoms with E-state index in [1.165, 1.54) is 0 Å². The topological polar surface area (TPSA) is 91.4 Å². The van der Waals surface area contributed by atoms with Crippen molar-refractivity contribution >= 4 is 44.7 Å². The Bertz CT molecular complexity index is 1030. The van der Waals surface area contributed by atoms with Gasteiger partial charge in [0.1, 0.15) is 5.82 Å². The third kappa shape index (κ3) is 5.69. The monoisotopic (exact) mass is 440 g/mol. The summed E-state index contributed by atoms with van der Waals surface area (Å²) in [5, 5.41) is 9.72. The van der Waals surface area contributed by atoms with Crippen LogP contribution < -0.4 is 16.0 Å². The minimum atomic E-state index is -0.124. The number of nitrogens with zero attached hydrogens (tertiary/aromatic N) is 3. The zero-order chi connectivity index (χ0) is 21.6. The van der Waals surface area contributed by atoms with Crippen LogP contribution >= 0.6 is 11.3 Å². The van der Waals surface area contributed by atoms with Crippen LogP contribution in [0.4, 0.5) is 17.2 Å². The molecule has 0 atom stereocenters. The van der Waals surface area contributed by atoms with E-state index in [1.54, 1.807) is 17.5 Å². The summed E-state index contributed by atoms with van der Waals surface area (Å²) in [4.78, 5) is 23.9. The highest BCUT2D eigenvalue weighted by atomic mass is 32.1. The number of anilines is 3. The lowest BCUT2D eigenvalue weighted by molar-refractivity contribution is 0.0383. The molecule has 9 heteroatoms. The number of hydrogen-bond acceptors (Lipinski definition) is 8. The van der Waals surface area contributed by atoms with E-state index in [-0.39, 0.29) is 11.9 Å². The molecule has 1 aliphatic rings. The fraction of sp³-hybridized carbons (Fsp3) is 0.409. The highest BCUT2D eigenvalue weighted by Gasteiger charge is 2.15. The standard InChI is InChI=1S/C22H28N6O2S/c1-15(2)26-19-12-21(27-16-3-4-18-20(11-16)31-14-25-18)24-13-17(19)22(29)23-5-6-28-7-9-30-10-8-28/h3-4,11-15H,5-10H2,1-2H3,(H,23,29)(H2,24,26,27). The Morgan fingerprint density at radius 3 is 2.87 bits per heavy atom. The number of morpholine rings is 1. The first-order chi connectivity index (χ1) is 15.1. The molecule has 8 nitrogen and oxygen atoms in total. The molecule has 2 aromatic heterocycles. The van der Waals surface area contributed by atoms with Gasteiger partial charge in [-0.05, 0) is 32.0 Å². The third-order valence-electron chi connectivity index (χ3n) is 5.01. The van der Waals surface area contributed by atoms with Crippen LogP contribution in [0, 0.1) is 0 Å². The molecule has 3 N–H and O–H groups in total. The smallest absolute Gasteiger partial charge is 0.255 e. The number of pyridine rings is 1. The number of rotatable bonds is 8. The van der Waals surface area contributed by atoms with E-state index in [0.717, 1.165) is 54.4 Å². The molecular weight excluding hydrogens is 412 g/mol. The third-order valence-corrected chi connectivity index (χ3v) is 5.81. The normalized spacial score (nSPS) is 14.7. The zero-order valence-electron chi connectivity index (χ0n) is 17.9. The van der Waals surface area contributed by atoms with Crippen LogP contribution in [0.5, 0.6) is 0 Å². The van der Waals surface area contributed by atoms with Crippen LogP contribution in [0.25, 0.3) is 10.2 Å². The number of nitrogens with one attached hydrogen (secondary N) is 3. The number of fused-ring (bicyclic) bond motifs is 1. The number of benzene rings is 1. The minimum absolute atomic E-state index is 0.124. The van der Waals surface area contributed by atoms with Gasteiger partial charge in [-0.25, -0.2) is 9.97 Å². The van der Waals surface area contributed by atoms with E-state index in [9.17, 15) is 4.79 Å². The van der Waals surface area contributed by atoms with Crippen LogP contribution in [0.2, 0.25) is 0 Å². The van der Waals surface area contributed by atoms with Crippen molar-refractivity contribution in [3.05, 3.63) is 41.5 Å². The molecule has 0 unspecified atom stereocenters. The van der Waals surface area contributed by atoms with Crippen LogP contribution in [0.15, 0.2) is 36.0 Å². The van der Waals surface area contributed by atoms with Crippen molar-refractivity contribution in [3.8, 4) is 0 Å². The predicted molar refractivity (Wildman–Crippen MR) is 125 cm³/mol. The fourth-order valence-corrected chi connectivity index (χ4v) is 4.18. The minimum Gasteiger partial charge on any atom is -0.382 e. The fourth-order valence-electron chi connectivity index (χ4n) is 3.46. The van der Waals surface area contributed by atoms with Gasteiger partial charge >= 0.3 is 0 Å². The first-order valence-corrected chi connectivity index (χ1v) is 11.4. The van der Waals surface area contributed by atoms with Gasteiger partial charge in [0.2, 0.25) is 0 Å². The van der Waals surface area contributed by atoms with E-state index in [0.29, 0.717) is 17.9 Å². The molecule has 164 valence electrons. The van der Waals surface area contributed by atoms with Gasteiger partial charge < -0.3 is 20.7 Å². The second kappa shape index (κ2) is 10.0. The first kappa shape index (κ1) is 21.5. The van der Waals surface area contributed by atoms with Gasteiger partial charge in [-0.1, -0.05) is 0 Å². The number of carbonyl (C=O) groups excluding carboxylic acids is 1. The summed E-state index contributed by atoms with van der Waals surface area (Å²) in [5.74, 6) is 0.554. The van der Waals surface area contributed by atoms with Gasteiger partial charge in [0.05, 0.1) is 40.2 Å². The van der Waals surface area contributed by atoms with Gasteiger partial charge in [0.15, 0.2) is 0 Å². The average Bonchev–Trinajstić information content (AvgIpc) is 3.22. The molecule has 4 rings (SSSR count). The Labute approximate surface area is 186 Å². The van der Waals surface area contributed by atoms with Crippen molar-refractivity contribution in [3.63, 3.8) is 0 Å². The van der Waals surface area contributed by atoms with Crippen molar-refractivity contribution in [2.45, 2.75) is 19.9 Å². The Morgan fingerprint density at radius 2 is 2.06 bits per heavy atom. The summed E-state index contributed by atoms with van der Waals surface area (Å²) < 4.78 is 6.48. The maximum absolute atomic E-state index is 12.8. The maximum atomic E-state index is 12.8. The van der Waals surface area contributed by atoms with Gasteiger partial charge in [0, 0.05) is 50.2 Å². The van der Waals surface area contributed by atoms with Crippen LogP contribution in [0.3, 0.4) is 0 Å². The molecule has 3 heterocycles. The molecular formula is C22H28N6O2S. The average molecular weight is 441 g/mol. The van der Waals surface area contributed by atoms with Crippen LogP contribution in [-0.4, -0.2) is 66.2 Å². The Hall–Kier alpha value is -2.75. The maximum Gasteiger partial charge on any atom is 0.255 e. The summed E-state index contributed by atoms with van der Waals surface area (Å²) in [6, 6.07) is 8.08. The van der Waals surface area contributed by atoms with E-state index in [2.05, 4.69) is 36.9 Å². The molecule has 0 aliphatic carbocycles. The molecule has 0 radical (unpaired) electrons. The molecule has 1 aromatic carbocycles. The second-order valence-corrected chi connectivity index (χ2v) is 8.67. The van der Waals surface area contributed by atoms with Crippen molar-refractivity contribution in [1.29, 1.82) is 0 Å². The van der Waals surface area contributed by atoms with Crippen LogP contribution in [0.1, 0.15) is 24.2 Å². The van der Waals surface area contributed by atoms with Crippen molar-refractivity contribution in [1.82, 2.24) is 20.2 Å². The van der Waals surface area contributed by atoms with Crippen molar-refractivity contribution in [2.75, 3.05) is 50.0 Å². The number of thiazole rings is 1. The summed E-state index contributed by atoms with van der Waals surface area (Å²) in [6.45, 7) is 8.83. The molecule has 31 heavy (non-hydrogen) atoms. The van der Waals surface area contributed by atoms with Crippen LogP contribution in [-0.2, 0) is 4.74 Å². The van der Waals surface area contributed by atoms with Crippen molar-refractivity contribution in [2.24, 2.45) is 0 Å². The second-order valence-electron chi connectivity index (χ2n) is 7.78. The summed E-state index contributed by atoms with van der Waals surface area (Å²) >= 11 is 1.60. The molecule has 3 aromatic rings. The number of aromatic nitrogens is 2. The lowest BCUT2D eigenvalue weighted by Crippen LogP contribution is -2.41. The largest absolute Gasteiger partial charge is 0.382 e. The molecule has 0 saturated carbocycles. The lowest BCUT2D eigenvalue weighted by Gasteiger charge is -2.26. The predicted octanol–water partition coefficient (Wildman–Crippen LogP) is 3.32. The van der Waals surface area contributed by atoms with Gasteiger partial charge in [-0.15, -0.1) is 11.3 Å². The molecule has 0 bridgehead atoms. The molecule has 0 spiro atoms. The number of carbonyl (C=O) groups is 1. The summed E-state index contributed by atoms with van der Waals surface area (Å²) in [7, 11) is 0. The SMILES string of the molecule is CC(C)Nc1cc(Nc2ccc3ncsc3c2)ncc1C(=O)NCCN1CCOCC1. The van der Waals surface area contributed by atoms with Gasteiger partial charge in [-0.2, -0.15) is 0 Å². The van der Waals surface area contributed by atoms with E-state index < -0.39 is 0 Å². The summed E-state index contributed by atoms with van der Waals surface area (Å²) in [6.07, 6.45) is 1.63. The highest BCUT2D eigenvalue weighted by Crippen LogP contribution is 2.26. The van der Waals surface area contributed by atoms with E-state index >= 15 is 0 Å². The molecule has 1 amide bonds. The lowest BCUT2D eigenvalue weighted by atomic mass is 10.2. The molecule has 1 aliphatic heterocycles. The Balaban J connectivity index is 1.44. The molecule has 1 saturated heterocycles. The number of hydrogen-bond donors (Lipinski definition) is 3. The molecule has 1 fully saturated rings. The highest BCUT2D eigenvalue weighted by molar-refractivity contribution is 7.16. The number of amides is 1.